The van der Waals surface area contributed by atoms with Gasteiger partial charge in [-0.25, -0.2) is 8.42 Å². The summed E-state index contributed by atoms with van der Waals surface area (Å²) in [5.74, 6) is 0. The van der Waals surface area contributed by atoms with Crippen LogP contribution < -0.4 is 0 Å². The predicted octanol–water partition coefficient (Wildman–Crippen LogP) is 2.74. The van der Waals surface area contributed by atoms with Crippen LogP contribution in [0.3, 0.4) is 0 Å². The summed E-state index contributed by atoms with van der Waals surface area (Å²) < 4.78 is 22.9. The van der Waals surface area contributed by atoms with E-state index in [1.54, 1.807) is 0 Å². The van der Waals surface area contributed by atoms with Crippen molar-refractivity contribution in [3.63, 3.8) is 0 Å². The highest BCUT2D eigenvalue weighted by molar-refractivity contribution is 8.14. The molecule has 0 aliphatic heterocycles. The molecule has 0 amide bonds. The second kappa shape index (κ2) is 3.69. The van der Waals surface area contributed by atoms with Crippen molar-refractivity contribution < 1.29 is 13.3 Å². The van der Waals surface area contributed by atoms with Gasteiger partial charge in [0.1, 0.15) is 4.90 Å². The van der Waals surface area contributed by atoms with E-state index in [2.05, 4.69) is 0 Å². The van der Waals surface area contributed by atoms with E-state index in [0.29, 0.717) is 10.1 Å². The van der Waals surface area contributed by atoms with Crippen LogP contribution in [0.15, 0.2) is 28.5 Å². The maximum Gasteiger partial charge on any atom is 0.270 e. The summed E-state index contributed by atoms with van der Waals surface area (Å²) in [6.07, 6.45) is 0. The zero-order valence-corrected chi connectivity index (χ0v) is 9.97. The Morgan fingerprint density at radius 1 is 1.38 bits per heavy atom. The van der Waals surface area contributed by atoms with Crippen LogP contribution in [0.1, 0.15) is 0 Å². The van der Waals surface area contributed by atoms with Crippen molar-refractivity contribution in [1.29, 1.82) is 0 Å². The largest absolute Gasteiger partial charge is 0.270 e. The molecule has 0 atom stereocenters. The molecule has 0 aliphatic rings. The number of non-ortho nitro benzene ring substituents is 1. The first kappa shape index (κ1) is 11.3. The van der Waals surface area contributed by atoms with Crippen LogP contribution >= 0.6 is 22.0 Å². The summed E-state index contributed by atoms with van der Waals surface area (Å²) in [4.78, 5) is 9.97. The third kappa shape index (κ3) is 1.89. The number of nitrogens with zero attached hydrogens (tertiary/aromatic N) is 1. The van der Waals surface area contributed by atoms with Crippen molar-refractivity contribution in [1.82, 2.24) is 0 Å². The molecule has 0 saturated carbocycles. The van der Waals surface area contributed by atoms with Gasteiger partial charge in [0.05, 0.1) is 4.92 Å². The van der Waals surface area contributed by atoms with Crippen molar-refractivity contribution in [3.8, 4) is 0 Å². The first-order valence-corrected chi connectivity index (χ1v) is 7.19. The number of nitro benzene ring substituents is 1. The van der Waals surface area contributed by atoms with Crippen molar-refractivity contribution in [3.05, 3.63) is 33.7 Å². The zero-order valence-electron chi connectivity index (χ0n) is 7.58. The lowest BCUT2D eigenvalue weighted by molar-refractivity contribution is -0.384. The van der Waals surface area contributed by atoms with E-state index in [-0.39, 0.29) is 10.6 Å². The van der Waals surface area contributed by atoms with Crippen molar-refractivity contribution >= 4 is 46.8 Å². The summed E-state index contributed by atoms with van der Waals surface area (Å²) in [6, 6.07) is 3.96. The molecule has 0 N–H and O–H groups in total. The fourth-order valence-corrected chi connectivity index (χ4v) is 3.84. The van der Waals surface area contributed by atoms with Crippen LogP contribution in [0.5, 0.6) is 0 Å². The van der Waals surface area contributed by atoms with Crippen molar-refractivity contribution in [2.45, 2.75) is 4.90 Å². The van der Waals surface area contributed by atoms with E-state index >= 15 is 0 Å². The van der Waals surface area contributed by atoms with Crippen LogP contribution in [-0.4, -0.2) is 13.3 Å². The van der Waals surface area contributed by atoms with E-state index in [1.165, 1.54) is 23.6 Å². The maximum absolute atomic E-state index is 11.2. The normalized spacial score (nSPS) is 11.8. The van der Waals surface area contributed by atoms with Crippen LogP contribution in [0.25, 0.3) is 10.1 Å². The van der Waals surface area contributed by atoms with Gasteiger partial charge in [0.15, 0.2) is 0 Å². The van der Waals surface area contributed by atoms with Gasteiger partial charge in [-0.1, -0.05) is 0 Å². The maximum atomic E-state index is 11.2. The lowest BCUT2D eigenvalue weighted by atomic mass is 10.2. The van der Waals surface area contributed by atoms with Gasteiger partial charge in [0.25, 0.3) is 14.7 Å². The highest BCUT2D eigenvalue weighted by Crippen LogP contribution is 2.33. The summed E-state index contributed by atoms with van der Waals surface area (Å²) in [5, 5.41) is 12.3. The molecule has 0 unspecified atom stereocenters. The summed E-state index contributed by atoms with van der Waals surface area (Å²) >= 11 is 1.10. The van der Waals surface area contributed by atoms with Gasteiger partial charge in [-0.15, -0.1) is 11.3 Å². The molecular weight excluding hydrogens is 274 g/mol. The molecule has 0 saturated heterocycles. The lowest BCUT2D eigenvalue weighted by Crippen LogP contribution is -1.89. The SMILES string of the molecule is O=[N+]([O-])c1ccc2c(S(=O)(=O)Cl)csc2c1. The quantitative estimate of drug-likeness (QED) is 0.480. The first-order valence-electron chi connectivity index (χ1n) is 4.00. The molecule has 2 aromatic rings. The smallest absolute Gasteiger partial charge is 0.258 e. The standard InChI is InChI=1S/C8H4ClNO4S2/c9-16(13,14)8-4-15-7-3-5(10(11)12)1-2-6(7)8/h1-4H. The Morgan fingerprint density at radius 2 is 2.06 bits per heavy atom. The monoisotopic (exact) mass is 277 g/mol. The molecule has 0 spiro atoms. The number of thiophene rings is 1. The third-order valence-electron chi connectivity index (χ3n) is 2.00. The molecule has 0 fully saturated rings. The topological polar surface area (TPSA) is 77.3 Å². The van der Waals surface area contributed by atoms with E-state index < -0.39 is 14.0 Å². The molecule has 0 aliphatic carbocycles. The van der Waals surface area contributed by atoms with E-state index in [4.69, 9.17) is 10.7 Å². The molecule has 1 heterocycles. The summed E-state index contributed by atoms with van der Waals surface area (Å²) in [5.41, 5.74) is -0.0760. The number of nitro groups is 1. The number of halogens is 1. The predicted molar refractivity (Wildman–Crippen MR) is 61.5 cm³/mol. The Labute approximate surface area is 98.8 Å². The third-order valence-corrected chi connectivity index (χ3v) is 4.45. The number of hydrogen-bond donors (Lipinski definition) is 0. The molecule has 1 aromatic heterocycles. The van der Waals surface area contributed by atoms with E-state index in [0.717, 1.165) is 11.3 Å². The summed E-state index contributed by atoms with van der Waals surface area (Å²) in [6.45, 7) is 0. The molecule has 8 heteroatoms. The van der Waals surface area contributed by atoms with Crippen LogP contribution in [-0.2, 0) is 9.05 Å². The van der Waals surface area contributed by atoms with Gasteiger partial charge in [-0.05, 0) is 6.07 Å². The lowest BCUT2D eigenvalue weighted by Gasteiger charge is -1.94. The van der Waals surface area contributed by atoms with Crippen LogP contribution in [0.2, 0.25) is 0 Å². The van der Waals surface area contributed by atoms with Crippen molar-refractivity contribution in [2.75, 3.05) is 0 Å². The molecule has 1 aromatic carbocycles. The fourth-order valence-electron chi connectivity index (χ4n) is 1.29. The van der Waals surface area contributed by atoms with Gasteiger partial charge >= 0.3 is 0 Å². The Kier molecular flexibility index (Phi) is 2.61. The number of fused-ring (bicyclic) bond motifs is 1. The van der Waals surface area contributed by atoms with Crippen molar-refractivity contribution in [2.24, 2.45) is 0 Å². The van der Waals surface area contributed by atoms with E-state index in [1.807, 2.05) is 0 Å². The zero-order chi connectivity index (χ0) is 11.9. The molecule has 5 nitrogen and oxygen atoms in total. The number of hydrogen-bond acceptors (Lipinski definition) is 5. The Hall–Kier alpha value is -1.18. The van der Waals surface area contributed by atoms with Gasteiger partial charge < -0.3 is 0 Å². The molecule has 0 radical (unpaired) electrons. The first-order chi connectivity index (χ1) is 7.39. The average molecular weight is 278 g/mol. The molecule has 84 valence electrons. The molecule has 0 bridgehead atoms. The minimum atomic E-state index is -3.81. The highest BCUT2D eigenvalue weighted by atomic mass is 35.7. The van der Waals surface area contributed by atoms with E-state index in [9.17, 15) is 18.5 Å². The van der Waals surface area contributed by atoms with Gasteiger partial charge in [0, 0.05) is 38.3 Å². The Morgan fingerprint density at radius 3 is 2.62 bits per heavy atom. The minimum absolute atomic E-state index is 0.0101. The second-order valence-electron chi connectivity index (χ2n) is 2.98. The molecule has 16 heavy (non-hydrogen) atoms. The summed E-state index contributed by atoms with van der Waals surface area (Å²) in [7, 11) is 1.42. The second-order valence-corrected chi connectivity index (χ2v) is 6.42. The van der Waals surface area contributed by atoms with Gasteiger partial charge in [-0.2, -0.15) is 0 Å². The number of rotatable bonds is 2. The fraction of sp³-hybridized carbons (Fsp3) is 0. The average Bonchev–Trinajstić information content (AvgIpc) is 2.58. The van der Waals surface area contributed by atoms with Crippen LogP contribution in [0.4, 0.5) is 5.69 Å². The van der Waals surface area contributed by atoms with Crippen LogP contribution in [0, 0.1) is 10.1 Å². The highest BCUT2D eigenvalue weighted by Gasteiger charge is 2.17. The Balaban J connectivity index is 2.73. The molecular formula is C8H4ClNO4S2. The number of benzene rings is 1. The molecule has 2 rings (SSSR count). The Bertz CT molecular complexity index is 676. The minimum Gasteiger partial charge on any atom is -0.258 e. The van der Waals surface area contributed by atoms with Gasteiger partial charge in [0.2, 0.25) is 0 Å². The van der Waals surface area contributed by atoms with Gasteiger partial charge in [-0.3, -0.25) is 10.1 Å².